The molecule has 0 fully saturated rings. The SMILES string of the molecule is CC/C=C\C/C=C\C/C=C\C/C=C\CCCCCCCCCCCCCCCCCCCCCCCCC(=O)OCC(COC(=O)CCCCCCC)OC(=O)CCCCCCCCCCC/C=C\CCCCCCCCCC. The molecular formula is C73H132O6. The number of ether oxygens (including phenoxy) is 3. The summed E-state index contributed by atoms with van der Waals surface area (Å²) in [5.41, 5.74) is 0. The van der Waals surface area contributed by atoms with Crippen LogP contribution in [0.2, 0.25) is 0 Å². The number of unbranched alkanes of at least 4 members (excludes halogenated alkanes) is 43. The highest BCUT2D eigenvalue weighted by Crippen LogP contribution is 2.18. The minimum Gasteiger partial charge on any atom is -0.462 e. The van der Waals surface area contributed by atoms with Gasteiger partial charge in [0, 0.05) is 19.3 Å². The van der Waals surface area contributed by atoms with E-state index in [0.29, 0.717) is 19.3 Å². The molecule has 0 saturated heterocycles. The predicted octanol–water partition coefficient (Wildman–Crippen LogP) is 23.9. The van der Waals surface area contributed by atoms with Gasteiger partial charge in [0.25, 0.3) is 0 Å². The number of carbonyl (C=O) groups is 3. The maximum absolute atomic E-state index is 12.8. The van der Waals surface area contributed by atoms with Crippen LogP contribution in [0.15, 0.2) is 60.8 Å². The smallest absolute Gasteiger partial charge is 0.306 e. The first-order chi connectivity index (χ1) is 39.0. The summed E-state index contributed by atoms with van der Waals surface area (Å²) in [6.07, 6.45) is 87.4. The van der Waals surface area contributed by atoms with Crippen molar-refractivity contribution >= 4 is 17.9 Å². The highest BCUT2D eigenvalue weighted by Gasteiger charge is 2.19. The Kier molecular flexibility index (Phi) is 65.1. The molecule has 1 unspecified atom stereocenters. The van der Waals surface area contributed by atoms with Crippen LogP contribution in [0.4, 0.5) is 0 Å². The summed E-state index contributed by atoms with van der Waals surface area (Å²) in [6.45, 7) is 6.49. The quantitative estimate of drug-likeness (QED) is 0.0261. The predicted molar refractivity (Wildman–Crippen MR) is 344 cm³/mol. The lowest BCUT2D eigenvalue weighted by molar-refractivity contribution is -0.167. The lowest BCUT2D eigenvalue weighted by atomic mass is 10.0. The number of allylic oxidation sites excluding steroid dienone is 10. The summed E-state index contributed by atoms with van der Waals surface area (Å²) in [7, 11) is 0. The van der Waals surface area contributed by atoms with E-state index in [0.717, 1.165) is 89.9 Å². The van der Waals surface area contributed by atoms with Crippen LogP contribution < -0.4 is 0 Å². The Morgan fingerprint density at radius 3 is 0.785 bits per heavy atom. The Balaban J connectivity index is 3.89. The molecule has 0 spiro atoms. The van der Waals surface area contributed by atoms with Crippen molar-refractivity contribution in [1.82, 2.24) is 0 Å². The molecule has 1 atom stereocenters. The van der Waals surface area contributed by atoms with E-state index in [-0.39, 0.29) is 31.1 Å². The Bertz CT molecular complexity index is 1410. The molecule has 0 radical (unpaired) electrons. The molecule has 79 heavy (non-hydrogen) atoms. The van der Waals surface area contributed by atoms with Crippen molar-refractivity contribution in [3.63, 3.8) is 0 Å². The van der Waals surface area contributed by atoms with Crippen LogP contribution >= 0.6 is 0 Å². The fraction of sp³-hybridized carbons (Fsp3) is 0.822. The number of rotatable bonds is 64. The van der Waals surface area contributed by atoms with Gasteiger partial charge in [-0.2, -0.15) is 0 Å². The summed E-state index contributed by atoms with van der Waals surface area (Å²) in [4.78, 5) is 38.0. The van der Waals surface area contributed by atoms with Crippen molar-refractivity contribution in [3.05, 3.63) is 60.8 Å². The molecule has 0 aliphatic carbocycles. The highest BCUT2D eigenvalue weighted by atomic mass is 16.6. The van der Waals surface area contributed by atoms with E-state index in [1.54, 1.807) is 0 Å². The minimum atomic E-state index is -0.769. The van der Waals surface area contributed by atoms with Crippen LogP contribution in [-0.2, 0) is 28.6 Å². The van der Waals surface area contributed by atoms with Crippen LogP contribution in [0, 0.1) is 0 Å². The standard InChI is InChI=1S/C73H132O6/c1-4-7-10-13-15-17-19-21-23-25-27-29-30-31-32-33-34-35-36-37-38-39-40-41-42-44-45-47-49-51-53-55-57-60-63-66-72(75)78-69-70(68-77-71(74)65-62-59-12-9-6-3)79-73(76)67-64-61-58-56-54-52-50-48-46-43-28-26-24-22-20-18-16-14-11-8-5-2/h7,10,15,17,21,23,26-29,70H,4-6,8-9,11-14,16,18-20,22,24-25,30-69H2,1-3H3/b10-7-,17-15-,23-21-,28-26-,29-27-. The molecule has 0 aromatic carbocycles. The molecule has 0 aliphatic rings. The molecule has 0 aliphatic heterocycles. The second-order valence-corrected chi connectivity index (χ2v) is 23.4. The van der Waals surface area contributed by atoms with Crippen molar-refractivity contribution in [3.8, 4) is 0 Å². The zero-order valence-corrected chi connectivity index (χ0v) is 52.9. The first kappa shape index (κ1) is 76.1. The van der Waals surface area contributed by atoms with Gasteiger partial charge in [0.2, 0.25) is 0 Å². The Hall–Kier alpha value is -2.89. The Morgan fingerprint density at radius 1 is 0.266 bits per heavy atom. The summed E-state index contributed by atoms with van der Waals surface area (Å²) >= 11 is 0. The lowest BCUT2D eigenvalue weighted by Crippen LogP contribution is -2.30. The second kappa shape index (κ2) is 67.6. The third kappa shape index (κ3) is 65.8. The number of carbonyl (C=O) groups excluding carboxylic acids is 3. The zero-order chi connectivity index (χ0) is 57.1. The normalized spacial score (nSPS) is 12.4. The summed E-state index contributed by atoms with van der Waals surface area (Å²) in [5, 5.41) is 0. The van der Waals surface area contributed by atoms with Crippen LogP contribution in [0.1, 0.15) is 367 Å². The van der Waals surface area contributed by atoms with Crippen LogP contribution in [0.25, 0.3) is 0 Å². The number of esters is 3. The first-order valence-corrected chi connectivity index (χ1v) is 34.8. The third-order valence-corrected chi connectivity index (χ3v) is 15.5. The minimum absolute atomic E-state index is 0.0696. The molecule has 460 valence electrons. The van der Waals surface area contributed by atoms with Gasteiger partial charge in [-0.1, -0.05) is 326 Å². The van der Waals surface area contributed by atoms with Crippen molar-refractivity contribution in [1.29, 1.82) is 0 Å². The van der Waals surface area contributed by atoms with Gasteiger partial charge in [-0.05, 0) is 83.5 Å². The van der Waals surface area contributed by atoms with Crippen molar-refractivity contribution < 1.29 is 28.6 Å². The van der Waals surface area contributed by atoms with Gasteiger partial charge in [-0.25, -0.2) is 0 Å². The van der Waals surface area contributed by atoms with Gasteiger partial charge >= 0.3 is 17.9 Å². The van der Waals surface area contributed by atoms with Crippen molar-refractivity contribution in [2.45, 2.75) is 374 Å². The van der Waals surface area contributed by atoms with E-state index in [4.69, 9.17) is 14.2 Å². The van der Waals surface area contributed by atoms with Crippen molar-refractivity contribution in [2.24, 2.45) is 0 Å². The van der Waals surface area contributed by atoms with Crippen LogP contribution in [0.3, 0.4) is 0 Å². The van der Waals surface area contributed by atoms with E-state index >= 15 is 0 Å². The van der Waals surface area contributed by atoms with Gasteiger partial charge in [0.05, 0.1) is 0 Å². The highest BCUT2D eigenvalue weighted by molar-refractivity contribution is 5.71. The van der Waals surface area contributed by atoms with Gasteiger partial charge < -0.3 is 14.2 Å². The Labute approximate surface area is 491 Å². The molecule has 0 N–H and O–H groups in total. The molecule has 0 amide bonds. The van der Waals surface area contributed by atoms with Gasteiger partial charge in [-0.3, -0.25) is 14.4 Å². The van der Waals surface area contributed by atoms with E-state index in [1.807, 2.05) is 0 Å². The van der Waals surface area contributed by atoms with E-state index < -0.39 is 6.10 Å². The molecular weight excluding hydrogens is 973 g/mol. The van der Waals surface area contributed by atoms with Crippen LogP contribution in [-0.4, -0.2) is 37.2 Å². The zero-order valence-electron chi connectivity index (χ0n) is 52.9. The first-order valence-electron chi connectivity index (χ1n) is 34.8. The van der Waals surface area contributed by atoms with E-state index in [1.165, 1.54) is 238 Å². The summed E-state index contributed by atoms with van der Waals surface area (Å²) in [6, 6.07) is 0. The van der Waals surface area contributed by atoms with E-state index in [2.05, 4.69) is 81.5 Å². The molecule has 6 heteroatoms. The summed E-state index contributed by atoms with van der Waals surface area (Å²) in [5.74, 6) is -0.865. The monoisotopic (exact) mass is 1110 g/mol. The number of hydrogen-bond donors (Lipinski definition) is 0. The van der Waals surface area contributed by atoms with Gasteiger partial charge in [0.1, 0.15) is 13.2 Å². The molecule has 0 heterocycles. The summed E-state index contributed by atoms with van der Waals surface area (Å²) < 4.78 is 16.8. The fourth-order valence-corrected chi connectivity index (χ4v) is 10.3. The average Bonchev–Trinajstić information content (AvgIpc) is 3.45. The largest absolute Gasteiger partial charge is 0.462 e. The Morgan fingerprint density at radius 2 is 0.494 bits per heavy atom. The fourth-order valence-electron chi connectivity index (χ4n) is 10.3. The molecule has 0 bridgehead atoms. The molecule has 0 rings (SSSR count). The lowest BCUT2D eigenvalue weighted by Gasteiger charge is -2.18. The topological polar surface area (TPSA) is 78.9 Å². The third-order valence-electron chi connectivity index (χ3n) is 15.5. The molecule has 6 nitrogen and oxygen atoms in total. The molecule has 0 saturated carbocycles. The van der Waals surface area contributed by atoms with Crippen molar-refractivity contribution in [2.75, 3.05) is 13.2 Å². The second-order valence-electron chi connectivity index (χ2n) is 23.4. The maximum Gasteiger partial charge on any atom is 0.306 e. The van der Waals surface area contributed by atoms with Gasteiger partial charge in [-0.15, -0.1) is 0 Å². The van der Waals surface area contributed by atoms with Gasteiger partial charge in [0.15, 0.2) is 6.10 Å². The average molecular weight is 1110 g/mol. The molecule has 0 aromatic heterocycles. The number of hydrogen-bond acceptors (Lipinski definition) is 6. The maximum atomic E-state index is 12.8. The van der Waals surface area contributed by atoms with Crippen LogP contribution in [0.5, 0.6) is 0 Å². The van der Waals surface area contributed by atoms with E-state index in [9.17, 15) is 14.4 Å². The molecule has 0 aromatic rings.